The van der Waals surface area contributed by atoms with Crippen molar-refractivity contribution >= 4 is 75.9 Å². The summed E-state index contributed by atoms with van der Waals surface area (Å²) in [5.41, 5.74) is 1.32. The van der Waals surface area contributed by atoms with Gasteiger partial charge in [-0.05, 0) is 62.1 Å². The second kappa shape index (κ2) is 8.41. The van der Waals surface area contributed by atoms with Crippen LogP contribution in [0.25, 0.3) is 75.9 Å². The molecule has 8 aromatic rings. The van der Waals surface area contributed by atoms with E-state index in [0.717, 1.165) is 21.5 Å². The number of benzene rings is 4. The lowest BCUT2D eigenvalue weighted by molar-refractivity contribution is 0.451. The predicted molar refractivity (Wildman–Crippen MR) is 170 cm³/mol. The summed E-state index contributed by atoms with van der Waals surface area (Å²) in [6.07, 6.45) is 2.69. The van der Waals surface area contributed by atoms with Gasteiger partial charge in [0.2, 0.25) is 0 Å². The maximum atomic E-state index is 13.9. The van der Waals surface area contributed by atoms with Gasteiger partial charge in [0.15, 0.2) is 0 Å². The first-order valence-electron chi connectivity index (χ1n) is 14.8. The van der Waals surface area contributed by atoms with Crippen LogP contribution in [0, 0.1) is 0 Å². The van der Waals surface area contributed by atoms with Gasteiger partial charge in [0, 0.05) is 55.2 Å². The molecule has 0 bridgehead atoms. The Balaban J connectivity index is 1.65. The van der Waals surface area contributed by atoms with E-state index in [2.05, 4.69) is 0 Å². The Kier molecular flexibility index (Phi) is 5.01. The monoisotopic (exact) mass is 556 g/mol. The highest BCUT2D eigenvalue weighted by Crippen LogP contribution is 2.44. The maximum absolute atomic E-state index is 13.9. The Bertz CT molecular complexity index is 2430. The largest absolute Gasteiger partial charge is 0.271 e. The van der Waals surface area contributed by atoms with E-state index in [1.807, 2.05) is 39.8 Å². The first-order chi connectivity index (χ1) is 20.3. The SMILES string of the molecule is CCC(CC)n1c(=O)c2ccc3nc4cc5c(=O)n(C(CC)CC)c(=O)c6ccc7nc8cc(c1=O)c2c3c8c4c7c65. The molecule has 0 fully saturated rings. The van der Waals surface area contributed by atoms with E-state index in [-0.39, 0.29) is 34.3 Å². The summed E-state index contributed by atoms with van der Waals surface area (Å²) in [4.78, 5) is 65.4. The van der Waals surface area contributed by atoms with Gasteiger partial charge in [-0.15, -0.1) is 0 Å². The molecule has 0 saturated carbocycles. The molecule has 0 saturated heterocycles. The van der Waals surface area contributed by atoms with Crippen LogP contribution in [0.2, 0.25) is 0 Å². The van der Waals surface area contributed by atoms with Crippen LogP contribution < -0.4 is 22.2 Å². The molecule has 0 spiro atoms. The summed E-state index contributed by atoms with van der Waals surface area (Å²) in [5, 5.41) is 6.11. The van der Waals surface area contributed by atoms with Crippen molar-refractivity contribution in [2.45, 2.75) is 65.5 Å². The zero-order valence-electron chi connectivity index (χ0n) is 23.9. The lowest BCUT2D eigenvalue weighted by atomic mass is 9.89. The summed E-state index contributed by atoms with van der Waals surface area (Å²) >= 11 is 0. The number of pyridine rings is 4. The van der Waals surface area contributed by atoms with Gasteiger partial charge in [-0.3, -0.25) is 28.3 Å². The molecule has 0 aliphatic carbocycles. The van der Waals surface area contributed by atoms with Crippen LogP contribution in [0.4, 0.5) is 0 Å². The van der Waals surface area contributed by atoms with E-state index >= 15 is 0 Å². The van der Waals surface area contributed by atoms with Crippen LogP contribution in [-0.2, 0) is 0 Å². The number of rotatable bonds is 6. The number of hydrogen-bond acceptors (Lipinski definition) is 6. The second-order valence-electron chi connectivity index (χ2n) is 11.5. The van der Waals surface area contributed by atoms with Gasteiger partial charge in [-0.25, -0.2) is 9.97 Å². The maximum Gasteiger partial charge on any atom is 0.261 e. The highest BCUT2D eigenvalue weighted by atomic mass is 16.2. The summed E-state index contributed by atoms with van der Waals surface area (Å²) < 4.78 is 2.81. The molecule has 0 radical (unpaired) electrons. The van der Waals surface area contributed by atoms with Crippen LogP contribution in [0.15, 0.2) is 55.6 Å². The van der Waals surface area contributed by atoms with Gasteiger partial charge >= 0.3 is 0 Å². The van der Waals surface area contributed by atoms with Crippen LogP contribution in [0.1, 0.15) is 65.5 Å². The molecule has 8 heteroatoms. The van der Waals surface area contributed by atoms with Gasteiger partial charge in [0.25, 0.3) is 22.2 Å². The molecule has 8 rings (SSSR count). The first kappa shape index (κ1) is 25.0. The quantitative estimate of drug-likeness (QED) is 0.182. The topological polar surface area (TPSA) is 104 Å². The second-order valence-corrected chi connectivity index (χ2v) is 11.5. The third kappa shape index (κ3) is 2.82. The van der Waals surface area contributed by atoms with Crippen molar-refractivity contribution in [3.63, 3.8) is 0 Å². The van der Waals surface area contributed by atoms with Crippen molar-refractivity contribution < 1.29 is 0 Å². The summed E-state index contributed by atoms with van der Waals surface area (Å²) in [7, 11) is 0. The Labute approximate surface area is 238 Å². The van der Waals surface area contributed by atoms with Crippen molar-refractivity contribution in [3.8, 4) is 0 Å². The first-order valence-corrected chi connectivity index (χ1v) is 14.8. The van der Waals surface area contributed by atoms with Crippen molar-refractivity contribution in [1.82, 2.24) is 19.1 Å². The van der Waals surface area contributed by atoms with Crippen LogP contribution in [0.5, 0.6) is 0 Å². The minimum Gasteiger partial charge on any atom is -0.271 e. The Morgan fingerprint density at radius 1 is 0.476 bits per heavy atom. The zero-order valence-corrected chi connectivity index (χ0v) is 23.9. The fraction of sp³-hybridized carbons (Fsp3) is 0.294. The lowest BCUT2D eigenvalue weighted by Crippen LogP contribution is -2.36. The molecule has 0 atom stereocenters. The molecule has 208 valence electrons. The van der Waals surface area contributed by atoms with Crippen LogP contribution in [-0.4, -0.2) is 19.1 Å². The van der Waals surface area contributed by atoms with Gasteiger partial charge in [0.1, 0.15) is 0 Å². The van der Waals surface area contributed by atoms with E-state index in [9.17, 15) is 19.2 Å². The van der Waals surface area contributed by atoms with Crippen LogP contribution >= 0.6 is 0 Å². The van der Waals surface area contributed by atoms with Crippen molar-refractivity contribution in [3.05, 3.63) is 77.8 Å². The molecule has 4 aromatic heterocycles. The van der Waals surface area contributed by atoms with Gasteiger partial charge in [-0.1, -0.05) is 27.7 Å². The molecule has 0 aliphatic rings. The third-order valence-corrected chi connectivity index (χ3v) is 9.62. The van der Waals surface area contributed by atoms with Crippen molar-refractivity contribution in [2.75, 3.05) is 0 Å². The van der Waals surface area contributed by atoms with Gasteiger partial charge < -0.3 is 0 Å². The van der Waals surface area contributed by atoms with Gasteiger partial charge in [-0.2, -0.15) is 0 Å². The highest BCUT2D eigenvalue weighted by Gasteiger charge is 2.27. The minimum atomic E-state index is -0.309. The number of hydrogen-bond donors (Lipinski definition) is 0. The molecular formula is C34H28N4O4. The highest BCUT2D eigenvalue weighted by molar-refractivity contribution is 6.39. The average molecular weight is 557 g/mol. The average Bonchev–Trinajstić information content (AvgIpc) is 3.00. The molecule has 0 aliphatic heterocycles. The standard InChI is InChI=1S/C34H28N4O4/c1-5-15(6-2)37-31(39)17-9-11-21-27-25(17)19(33(37)41)13-23-29(27)30-24(36-21)14-20-26-18(10-12-22(35-23)28(26)30)32(40)38(34(20)42)16(7-3)8-4/h9-16H,5-8H2,1-4H3. The van der Waals surface area contributed by atoms with Crippen LogP contribution in [0.3, 0.4) is 0 Å². The molecule has 8 nitrogen and oxygen atoms in total. The van der Waals surface area contributed by atoms with Gasteiger partial charge in [0.05, 0.1) is 32.8 Å². The molecule has 0 N–H and O–H groups in total. The van der Waals surface area contributed by atoms with E-state index in [1.165, 1.54) is 9.13 Å². The smallest absolute Gasteiger partial charge is 0.261 e. The fourth-order valence-electron chi connectivity index (χ4n) is 7.56. The van der Waals surface area contributed by atoms with E-state index < -0.39 is 0 Å². The number of nitrogens with zero attached hydrogens (tertiary/aromatic N) is 4. The molecule has 42 heavy (non-hydrogen) atoms. The summed E-state index contributed by atoms with van der Waals surface area (Å²) in [6, 6.07) is 10.4. The Morgan fingerprint density at radius 2 is 0.810 bits per heavy atom. The fourth-order valence-corrected chi connectivity index (χ4v) is 7.56. The minimum absolute atomic E-state index is 0.198. The van der Waals surface area contributed by atoms with Crippen molar-refractivity contribution in [1.29, 1.82) is 0 Å². The molecule has 0 unspecified atom stereocenters. The number of aromatic nitrogens is 4. The normalized spacial score (nSPS) is 13.0. The molecular weight excluding hydrogens is 528 g/mol. The summed E-state index contributed by atoms with van der Waals surface area (Å²) in [5.74, 6) is 0. The Morgan fingerprint density at radius 3 is 1.17 bits per heavy atom. The van der Waals surface area contributed by atoms with E-state index in [0.29, 0.717) is 80.1 Å². The molecule has 4 heterocycles. The molecule has 0 amide bonds. The molecule has 4 aromatic carbocycles. The lowest BCUT2D eigenvalue weighted by Gasteiger charge is -2.21. The van der Waals surface area contributed by atoms with Crippen molar-refractivity contribution in [2.24, 2.45) is 0 Å². The Hall–Kier alpha value is -4.72. The summed E-state index contributed by atoms with van der Waals surface area (Å²) in [6.45, 7) is 7.94. The van der Waals surface area contributed by atoms with E-state index in [1.54, 1.807) is 24.3 Å². The zero-order chi connectivity index (χ0) is 29.2. The predicted octanol–water partition coefficient (Wildman–Crippen LogP) is 6.07. The third-order valence-electron chi connectivity index (χ3n) is 9.62. The van der Waals surface area contributed by atoms with E-state index in [4.69, 9.17) is 9.97 Å².